The van der Waals surface area contributed by atoms with Crippen molar-refractivity contribution in [2.75, 3.05) is 38.0 Å². The van der Waals surface area contributed by atoms with E-state index in [1.165, 1.54) is 0 Å². The van der Waals surface area contributed by atoms with Crippen LogP contribution in [0.15, 0.2) is 72.8 Å². The second kappa shape index (κ2) is 14.3. The van der Waals surface area contributed by atoms with Crippen molar-refractivity contribution < 1.29 is 9.59 Å². The average Bonchev–Trinajstić information content (AvgIpc) is 3.02. The van der Waals surface area contributed by atoms with Gasteiger partial charge in [0.05, 0.1) is 35.6 Å². The van der Waals surface area contributed by atoms with Crippen molar-refractivity contribution in [1.82, 2.24) is 20.4 Å². The van der Waals surface area contributed by atoms with Crippen molar-refractivity contribution in [2.45, 2.75) is 63.2 Å². The summed E-state index contributed by atoms with van der Waals surface area (Å²) in [6.45, 7) is 0. The van der Waals surface area contributed by atoms with Crippen molar-refractivity contribution in [3.8, 4) is 0 Å². The highest BCUT2D eigenvalue weighted by Crippen LogP contribution is 2.39. The highest BCUT2D eigenvalue weighted by Gasteiger charge is 2.27. The number of Topliss-reactive ketones (excluding diaryl/α,β-unsaturated/α-hetero) is 2. The zero-order valence-corrected chi connectivity index (χ0v) is 26.2. The van der Waals surface area contributed by atoms with E-state index in [2.05, 4.69) is 32.5 Å². The van der Waals surface area contributed by atoms with Crippen LogP contribution in [-0.2, 0) is 35.3 Å². The third-order valence-electron chi connectivity index (χ3n) is 8.40. The molecule has 0 bridgehead atoms. The van der Waals surface area contributed by atoms with Crippen molar-refractivity contribution >= 4 is 22.9 Å². The molecule has 44 heavy (non-hydrogen) atoms. The van der Waals surface area contributed by atoms with Crippen molar-refractivity contribution in [3.05, 3.63) is 107 Å². The topological polar surface area (TPSA) is 92.2 Å². The molecule has 5 rings (SSSR count). The summed E-state index contributed by atoms with van der Waals surface area (Å²) in [7, 11) is 7.98. The van der Waals surface area contributed by atoms with E-state index in [-0.39, 0.29) is 24.4 Å². The molecule has 1 saturated carbocycles. The van der Waals surface area contributed by atoms with Crippen LogP contribution >= 0.6 is 0 Å². The van der Waals surface area contributed by atoms with Gasteiger partial charge in [-0.25, -0.2) is 0 Å². The maximum absolute atomic E-state index is 12.7. The highest BCUT2D eigenvalue weighted by molar-refractivity contribution is 5.83. The molecule has 0 spiro atoms. The highest BCUT2D eigenvalue weighted by atomic mass is 16.1. The third-order valence-corrected chi connectivity index (χ3v) is 8.40. The third kappa shape index (κ3) is 8.34. The lowest BCUT2D eigenvalue weighted by atomic mass is 9.78. The summed E-state index contributed by atoms with van der Waals surface area (Å²) in [6.07, 6.45) is 5.45. The quantitative estimate of drug-likeness (QED) is 0.212. The number of aromatic nitrogens is 4. The fourth-order valence-corrected chi connectivity index (χ4v) is 5.97. The molecule has 4 aromatic rings. The molecule has 2 aromatic heterocycles. The van der Waals surface area contributed by atoms with Gasteiger partial charge in [0.15, 0.2) is 0 Å². The fraction of sp³-hybridized carbons (Fsp3) is 0.389. The molecule has 2 atom stereocenters. The number of anilines is 2. The zero-order valence-electron chi connectivity index (χ0n) is 26.2. The first-order valence-electron chi connectivity index (χ1n) is 15.4. The minimum Gasteiger partial charge on any atom is -0.378 e. The monoisotopic (exact) mass is 590 g/mol. The predicted molar refractivity (Wildman–Crippen MR) is 174 cm³/mol. The molecule has 228 valence electrons. The van der Waals surface area contributed by atoms with E-state index in [1.807, 2.05) is 98.7 Å². The average molecular weight is 591 g/mol. The van der Waals surface area contributed by atoms with Crippen LogP contribution in [0.2, 0.25) is 0 Å². The number of hydrogen-bond acceptors (Lipinski definition) is 8. The maximum atomic E-state index is 12.7. The SMILES string of the molecule is CN(C)c1cccc(CC(=O)Cc2ccc([C@H]3CCC[C@H](c4ccc(CC(=O)Cc5cccc(N(C)C)c5)nn4)C3)nn2)c1. The molecular weight excluding hydrogens is 548 g/mol. The Hall–Kier alpha value is -4.46. The minimum atomic E-state index is 0.128. The zero-order chi connectivity index (χ0) is 31.1. The van der Waals surface area contributed by atoms with Crippen LogP contribution in [0.5, 0.6) is 0 Å². The Labute approximate surface area is 260 Å². The predicted octanol–water partition coefficient (Wildman–Crippen LogP) is 5.55. The first-order chi connectivity index (χ1) is 21.2. The number of hydrogen-bond donors (Lipinski definition) is 0. The number of ketones is 2. The van der Waals surface area contributed by atoms with Gasteiger partial charge in [-0.3, -0.25) is 9.59 Å². The summed E-state index contributed by atoms with van der Waals surface area (Å²) in [5.74, 6) is 0.840. The molecule has 0 N–H and O–H groups in total. The summed E-state index contributed by atoms with van der Waals surface area (Å²) in [5, 5.41) is 17.9. The van der Waals surface area contributed by atoms with Crippen molar-refractivity contribution in [1.29, 1.82) is 0 Å². The lowest BCUT2D eigenvalue weighted by molar-refractivity contribution is -0.118. The van der Waals surface area contributed by atoms with Gasteiger partial charge in [-0.15, -0.1) is 0 Å². The maximum Gasteiger partial charge on any atom is 0.143 e. The van der Waals surface area contributed by atoms with Gasteiger partial charge in [0.25, 0.3) is 0 Å². The molecule has 0 aliphatic heterocycles. The molecule has 2 heterocycles. The molecule has 0 unspecified atom stereocenters. The molecule has 0 amide bonds. The molecule has 1 aliphatic carbocycles. The van der Waals surface area contributed by atoms with E-state index in [0.717, 1.165) is 59.6 Å². The largest absolute Gasteiger partial charge is 0.378 e. The summed E-state index contributed by atoms with van der Waals surface area (Å²) >= 11 is 0. The van der Waals surface area contributed by atoms with E-state index in [1.54, 1.807) is 0 Å². The lowest BCUT2D eigenvalue weighted by Crippen LogP contribution is -2.17. The number of benzene rings is 2. The van der Waals surface area contributed by atoms with E-state index < -0.39 is 0 Å². The van der Waals surface area contributed by atoms with Crippen LogP contribution in [0, 0.1) is 0 Å². The Kier molecular flexibility index (Phi) is 10.1. The molecule has 2 aromatic carbocycles. The van der Waals surface area contributed by atoms with Crippen molar-refractivity contribution in [3.63, 3.8) is 0 Å². The first kappa shape index (κ1) is 31.0. The Morgan fingerprint density at radius 2 is 1.07 bits per heavy atom. The lowest BCUT2D eigenvalue weighted by Gasteiger charge is -2.28. The van der Waals surface area contributed by atoms with Gasteiger partial charge in [-0.1, -0.05) is 30.7 Å². The van der Waals surface area contributed by atoms with Crippen LogP contribution in [0.4, 0.5) is 11.4 Å². The minimum absolute atomic E-state index is 0.128. The number of rotatable bonds is 12. The van der Waals surface area contributed by atoms with E-state index in [4.69, 9.17) is 0 Å². The second-order valence-electron chi connectivity index (χ2n) is 12.4. The number of carbonyl (C=O) groups is 2. The van der Waals surface area contributed by atoms with Gasteiger partial charge < -0.3 is 9.80 Å². The normalized spacial score (nSPS) is 16.4. The van der Waals surface area contributed by atoms with Gasteiger partial charge in [0.2, 0.25) is 0 Å². The standard InChI is InChI=1S/C36H42N6O2/c1-41(2)31-12-5-8-25(18-31)20-33(43)23-29-14-16-35(39-37-29)27-10-7-11-28(22-27)36-17-15-30(38-40-36)24-34(44)21-26-9-6-13-32(19-26)42(3)4/h5-6,8-9,12-19,27-28H,7,10-11,20-24H2,1-4H3/t27-,28-/m0/s1. The van der Waals surface area contributed by atoms with Crippen LogP contribution < -0.4 is 9.80 Å². The number of nitrogens with zero attached hydrogens (tertiary/aromatic N) is 6. The van der Waals surface area contributed by atoms with Crippen LogP contribution in [0.25, 0.3) is 0 Å². The summed E-state index contributed by atoms with van der Waals surface area (Å²) in [6, 6.07) is 24.1. The van der Waals surface area contributed by atoms with Crippen LogP contribution in [0.1, 0.15) is 71.4 Å². The molecule has 0 radical (unpaired) electrons. The molecular formula is C36H42N6O2. The molecule has 1 aliphatic rings. The molecule has 8 heteroatoms. The van der Waals surface area contributed by atoms with E-state index in [0.29, 0.717) is 36.1 Å². The summed E-state index contributed by atoms with van der Waals surface area (Å²) < 4.78 is 0. The summed E-state index contributed by atoms with van der Waals surface area (Å²) in [4.78, 5) is 29.5. The fourth-order valence-electron chi connectivity index (χ4n) is 5.97. The van der Waals surface area contributed by atoms with Gasteiger partial charge in [0, 0.05) is 64.2 Å². The van der Waals surface area contributed by atoms with Crippen LogP contribution in [-0.4, -0.2) is 60.2 Å². The molecule has 8 nitrogen and oxygen atoms in total. The van der Waals surface area contributed by atoms with Gasteiger partial charge in [-0.05, 0) is 78.9 Å². The Balaban J connectivity index is 1.13. The summed E-state index contributed by atoms with van der Waals surface area (Å²) in [5.41, 5.74) is 7.53. The van der Waals surface area contributed by atoms with Crippen LogP contribution in [0.3, 0.4) is 0 Å². The Morgan fingerprint density at radius 3 is 1.45 bits per heavy atom. The molecule has 1 fully saturated rings. The second-order valence-corrected chi connectivity index (χ2v) is 12.4. The van der Waals surface area contributed by atoms with Gasteiger partial charge in [-0.2, -0.15) is 20.4 Å². The van der Waals surface area contributed by atoms with Crippen molar-refractivity contribution in [2.24, 2.45) is 0 Å². The Bertz CT molecular complexity index is 1450. The number of carbonyl (C=O) groups excluding carboxylic acids is 2. The van der Waals surface area contributed by atoms with Gasteiger partial charge >= 0.3 is 0 Å². The first-order valence-corrected chi connectivity index (χ1v) is 15.4. The molecule has 0 saturated heterocycles. The Morgan fingerprint density at radius 1 is 0.614 bits per heavy atom. The van der Waals surface area contributed by atoms with E-state index >= 15 is 0 Å². The smallest absolute Gasteiger partial charge is 0.143 e. The van der Waals surface area contributed by atoms with E-state index in [9.17, 15) is 9.59 Å². The van der Waals surface area contributed by atoms with Gasteiger partial charge in [0.1, 0.15) is 11.6 Å².